The third-order valence-electron chi connectivity index (χ3n) is 1.94. The van der Waals surface area contributed by atoms with Crippen molar-refractivity contribution < 1.29 is 4.74 Å². The molecule has 0 saturated heterocycles. The summed E-state index contributed by atoms with van der Waals surface area (Å²) in [6, 6.07) is 10.4. The zero-order valence-corrected chi connectivity index (χ0v) is 8.79. The van der Waals surface area contributed by atoms with Gasteiger partial charge in [0.05, 0.1) is 11.6 Å². The highest BCUT2D eigenvalue weighted by Crippen LogP contribution is 2.20. The van der Waals surface area contributed by atoms with E-state index in [4.69, 9.17) is 15.8 Å². The Hall–Kier alpha value is -2.65. The zero-order chi connectivity index (χ0) is 12.1. The van der Waals surface area contributed by atoms with Crippen LogP contribution in [0.1, 0.15) is 5.56 Å². The molecule has 3 N–H and O–H groups in total. The first-order valence-electron chi connectivity index (χ1n) is 4.79. The summed E-state index contributed by atoms with van der Waals surface area (Å²) in [6.45, 7) is 0. The van der Waals surface area contributed by atoms with Gasteiger partial charge in [-0.05, 0) is 18.2 Å². The summed E-state index contributed by atoms with van der Waals surface area (Å²) in [5.41, 5.74) is 2.84. The summed E-state index contributed by atoms with van der Waals surface area (Å²) in [5, 5.41) is 8.75. The molecule has 0 atom stereocenters. The number of rotatable bonds is 3. The molecule has 84 valence electrons. The molecule has 6 heteroatoms. The third-order valence-corrected chi connectivity index (χ3v) is 1.94. The molecule has 6 nitrogen and oxygen atoms in total. The molecule has 1 aromatic carbocycles. The molecule has 0 fully saturated rings. The first-order valence-corrected chi connectivity index (χ1v) is 4.79. The Kier molecular flexibility index (Phi) is 3.14. The van der Waals surface area contributed by atoms with Gasteiger partial charge in [0, 0.05) is 12.3 Å². The van der Waals surface area contributed by atoms with Crippen LogP contribution in [-0.4, -0.2) is 9.97 Å². The second-order valence-corrected chi connectivity index (χ2v) is 3.10. The Bertz CT molecular complexity index is 564. The van der Waals surface area contributed by atoms with Gasteiger partial charge in [0.15, 0.2) is 0 Å². The maximum atomic E-state index is 8.75. The van der Waals surface area contributed by atoms with Crippen LogP contribution in [0.2, 0.25) is 0 Å². The number of nitrogens with zero attached hydrogens (tertiary/aromatic N) is 3. The summed E-state index contributed by atoms with van der Waals surface area (Å²) in [4.78, 5) is 7.84. The maximum absolute atomic E-state index is 8.75. The van der Waals surface area contributed by atoms with Crippen molar-refractivity contribution in [2.75, 3.05) is 5.43 Å². The second-order valence-electron chi connectivity index (χ2n) is 3.10. The first kappa shape index (κ1) is 10.9. The van der Waals surface area contributed by atoms with Crippen LogP contribution in [0, 0.1) is 11.3 Å². The number of aromatic nitrogens is 2. The van der Waals surface area contributed by atoms with Crippen molar-refractivity contribution in [3.8, 4) is 17.7 Å². The predicted octanol–water partition coefficient (Wildman–Crippen LogP) is 1.43. The number of hydrogen-bond donors (Lipinski definition) is 2. The molecule has 0 aliphatic rings. The quantitative estimate of drug-likeness (QED) is 0.608. The van der Waals surface area contributed by atoms with E-state index < -0.39 is 0 Å². The average molecular weight is 227 g/mol. The summed E-state index contributed by atoms with van der Waals surface area (Å²) < 4.78 is 5.47. The van der Waals surface area contributed by atoms with Crippen LogP contribution >= 0.6 is 0 Å². The molecule has 1 aromatic heterocycles. The van der Waals surface area contributed by atoms with Crippen LogP contribution < -0.4 is 16.0 Å². The maximum Gasteiger partial charge on any atom is 0.240 e. The van der Waals surface area contributed by atoms with E-state index in [1.54, 1.807) is 30.3 Å². The molecule has 0 aliphatic carbocycles. The van der Waals surface area contributed by atoms with Gasteiger partial charge in [0.2, 0.25) is 11.8 Å². The van der Waals surface area contributed by atoms with Gasteiger partial charge >= 0.3 is 0 Å². The van der Waals surface area contributed by atoms with E-state index >= 15 is 0 Å². The summed E-state index contributed by atoms with van der Waals surface area (Å²) in [5.74, 6) is 6.33. The molecule has 2 rings (SSSR count). The first-order chi connectivity index (χ1) is 8.31. The SMILES string of the molecule is N#Cc1cccc(Oc2ccnc(NN)n2)c1. The Morgan fingerprint density at radius 3 is 3.00 bits per heavy atom. The number of nitrogens with one attached hydrogen (secondary N) is 1. The van der Waals surface area contributed by atoms with Crippen molar-refractivity contribution in [1.82, 2.24) is 9.97 Å². The topological polar surface area (TPSA) is 96.8 Å². The van der Waals surface area contributed by atoms with E-state index in [9.17, 15) is 0 Å². The lowest BCUT2D eigenvalue weighted by Gasteiger charge is -2.05. The van der Waals surface area contributed by atoms with Crippen molar-refractivity contribution in [2.24, 2.45) is 5.84 Å². The fourth-order valence-corrected chi connectivity index (χ4v) is 1.22. The van der Waals surface area contributed by atoms with Crippen molar-refractivity contribution in [3.05, 3.63) is 42.1 Å². The van der Waals surface area contributed by atoms with Gasteiger partial charge in [-0.25, -0.2) is 10.8 Å². The minimum Gasteiger partial charge on any atom is -0.439 e. The highest BCUT2D eigenvalue weighted by atomic mass is 16.5. The number of hydrogen-bond acceptors (Lipinski definition) is 6. The van der Waals surface area contributed by atoms with Crippen molar-refractivity contribution in [3.63, 3.8) is 0 Å². The molecular formula is C11H9N5O. The van der Waals surface area contributed by atoms with Gasteiger partial charge in [-0.3, -0.25) is 5.43 Å². The summed E-state index contributed by atoms with van der Waals surface area (Å²) in [6.07, 6.45) is 1.52. The molecule has 17 heavy (non-hydrogen) atoms. The predicted molar refractivity (Wildman–Crippen MR) is 61.1 cm³/mol. The van der Waals surface area contributed by atoms with Crippen LogP contribution in [0.25, 0.3) is 0 Å². The van der Waals surface area contributed by atoms with E-state index in [0.717, 1.165) is 0 Å². The standard InChI is InChI=1S/C11H9N5O/c12-7-8-2-1-3-9(6-8)17-10-4-5-14-11(15-10)16-13/h1-6H,13H2,(H,14,15,16). The van der Waals surface area contributed by atoms with Gasteiger partial charge in [-0.1, -0.05) is 6.07 Å². The number of benzene rings is 1. The highest BCUT2D eigenvalue weighted by molar-refractivity contribution is 5.38. The van der Waals surface area contributed by atoms with Crippen molar-refractivity contribution in [1.29, 1.82) is 5.26 Å². The number of anilines is 1. The molecule has 0 radical (unpaired) electrons. The van der Waals surface area contributed by atoms with Gasteiger partial charge in [0.25, 0.3) is 0 Å². The number of ether oxygens (including phenoxy) is 1. The van der Waals surface area contributed by atoms with Crippen LogP contribution in [0.4, 0.5) is 5.95 Å². The molecule has 0 amide bonds. The van der Waals surface area contributed by atoms with E-state index in [1.165, 1.54) is 6.20 Å². The average Bonchev–Trinajstić information content (AvgIpc) is 2.39. The van der Waals surface area contributed by atoms with Crippen LogP contribution in [0.15, 0.2) is 36.5 Å². The van der Waals surface area contributed by atoms with Crippen molar-refractivity contribution >= 4 is 5.95 Å². The van der Waals surface area contributed by atoms with Crippen LogP contribution in [0.3, 0.4) is 0 Å². The number of nitriles is 1. The number of nitrogen functional groups attached to an aromatic ring is 1. The molecular weight excluding hydrogens is 218 g/mol. The molecule has 0 unspecified atom stereocenters. The molecule has 1 heterocycles. The molecule has 0 spiro atoms. The summed E-state index contributed by atoms with van der Waals surface area (Å²) >= 11 is 0. The minimum atomic E-state index is 0.263. The van der Waals surface area contributed by atoms with E-state index in [2.05, 4.69) is 15.4 Å². The van der Waals surface area contributed by atoms with Gasteiger partial charge in [-0.2, -0.15) is 10.2 Å². The third kappa shape index (κ3) is 2.68. The van der Waals surface area contributed by atoms with Crippen molar-refractivity contribution in [2.45, 2.75) is 0 Å². The lowest BCUT2D eigenvalue weighted by molar-refractivity contribution is 0.462. The Morgan fingerprint density at radius 1 is 1.35 bits per heavy atom. The smallest absolute Gasteiger partial charge is 0.240 e. The number of hydrazine groups is 1. The van der Waals surface area contributed by atoms with Gasteiger partial charge < -0.3 is 4.74 Å². The number of nitrogens with two attached hydrogens (primary N) is 1. The van der Waals surface area contributed by atoms with E-state index in [1.807, 2.05) is 6.07 Å². The Balaban J connectivity index is 2.22. The monoisotopic (exact) mass is 227 g/mol. The van der Waals surface area contributed by atoms with Crippen LogP contribution in [-0.2, 0) is 0 Å². The summed E-state index contributed by atoms with van der Waals surface area (Å²) in [7, 11) is 0. The molecule has 0 saturated carbocycles. The lowest BCUT2D eigenvalue weighted by atomic mass is 10.2. The van der Waals surface area contributed by atoms with Gasteiger partial charge in [-0.15, -0.1) is 0 Å². The molecule has 0 bridgehead atoms. The fourth-order valence-electron chi connectivity index (χ4n) is 1.22. The fraction of sp³-hybridized carbons (Fsp3) is 0. The normalized spacial score (nSPS) is 9.41. The molecule has 2 aromatic rings. The Labute approximate surface area is 97.7 Å². The lowest BCUT2D eigenvalue weighted by Crippen LogP contribution is -2.10. The van der Waals surface area contributed by atoms with E-state index in [0.29, 0.717) is 17.2 Å². The second kappa shape index (κ2) is 4.92. The van der Waals surface area contributed by atoms with Crippen LogP contribution in [0.5, 0.6) is 11.6 Å². The Morgan fingerprint density at radius 2 is 2.24 bits per heavy atom. The minimum absolute atomic E-state index is 0.263. The largest absolute Gasteiger partial charge is 0.439 e. The molecule has 0 aliphatic heterocycles. The van der Waals surface area contributed by atoms with E-state index in [-0.39, 0.29) is 5.95 Å². The highest BCUT2D eigenvalue weighted by Gasteiger charge is 2.01. The van der Waals surface area contributed by atoms with Gasteiger partial charge in [0.1, 0.15) is 5.75 Å². The zero-order valence-electron chi connectivity index (χ0n) is 8.79.